The molecule has 1 aromatic carbocycles. The van der Waals surface area contributed by atoms with Crippen LogP contribution in [0.4, 0.5) is 4.79 Å². The Kier molecular flexibility index (Phi) is 4.61. The number of hydrogen-bond acceptors (Lipinski definition) is 2. The van der Waals surface area contributed by atoms with Gasteiger partial charge in [-0.05, 0) is 30.2 Å². The van der Waals surface area contributed by atoms with E-state index < -0.39 is 6.09 Å². The molecule has 0 unspecified atom stereocenters. The van der Waals surface area contributed by atoms with Crippen LogP contribution >= 0.6 is 0 Å². The molecular weight excluding hydrogens is 270 g/mol. The molecule has 6 heteroatoms. The van der Waals surface area contributed by atoms with Crippen LogP contribution in [0.25, 0.3) is 10.9 Å². The number of carboxylic acid groups (broad SMARTS) is 1. The van der Waals surface area contributed by atoms with Crippen LogP contribution in [-0.4, -0.2) is 35.2 Å². The van der Waals surface area contributed by atoms with Gasteiger partial charge in [0.2, 0.25) is 0 Å². The topological polar surface area (TPSA) is 94.2 Å². The Morgan fingerprint density at radius 1 is 1.33 bits per heavy atom. The van der Waals surface area contributed by atoms with E-state index in [0.29, 0.717) is 25.1 Å². The van der Waals surface area contributed by atoms with Crippen molar-refractivity contribution in [1.29, 1.82) is 0 Å². The molecule has 0 spiro atoms. The average Bonchev–Trinajstić information content (AvgIpc) is 2.87. The molecule has 6 nitrogen and oxygen atoms in total. The van der Waals surface area contributed by atoms with E-state index in [0.717, 1.165) is 16.5 Å². The van der Waals surface area contributed by atoms with E-state index in [1.54, 1.807) is 18.2 Å². The van der Waals surface area contributed by atoms with E-state index in [4.69, 9.17) is 5.11 Å². The first-order chi connectivity index (χ1) is 10.1. The van der Waals surface area contributed by atoms with E-state index in [-0.39, 0.29) is 5.91 Å². The first kappa shape index (κ1) is 14.6. The van der Waals surface area contributed by atoms with E-state index >= 15 is 0 Å². The van der Waals surface area contributed by atoms with Crippen molar-refractivity contribution in [2.75, 3.05) is 13.1 Å². The van der Waals surface area contributed by atoms with Crippen LogP contribution in [0.2, 0.25) is 0 Å². The molecule has 21 heavy (non-hydrogen) atoms. The van der Waals surface area contributed by atoms with Gasteiger partial charge < -0.3 is 20.7 Å². The number of aromatic amines is 1. The maximum absolute atomic E-state index is 11.9. The summed E-state index contributed by atoms with van der Waals surface area (Å²) in [5, 5.41) is 14.6. The molecule has 0 atom stereocenters. The van der Waals surface area contributed by atoms with Crippen LogP contribution < -0.4 is 10.6 Å². The molecule has 0 fully saturated rings. The van der Waals surface area contributed by atoms with Crippen molar-refractivity contribution in [2.45, 2.75) is 6.42 Å². The Hall–Kier alpha value is -2.76. The van der Waals surface area contributed by atoms with E-state index in [2.05, 4.69) is 22.2 Å². The van der Waals surface area contributed by atoms with Crippen LogP contribution in [0, 0.1) is 0 Å². The van der Waals surface area contributed by atoms with Gasteiger partial charge in [0.25, 0.3) is 5.91 Å². The van der Waals surface area contributed by atoms with Crippen molar-refractivity contribution in [1.82, 2.24) is 15.6 Å². The first-order valence-corrected chi connectivity index (χ1v) is 6.57. The number of hydrogen-bond donors (Lipinski definition) is 4. The van der Waals surface area contributed by atoms with Crippen LogP contribution in [0.15, 0.2) is 37.1 Å². The molecule has 0 aliphatic carbocycles. The summed E-state index contributed by atoms with van der Waals surface area (Å²) in [5.41, 5.74) is 2.45. The Balaban J connectivity index is 2.18. The number of carbonyl (C=O) groups excluding carboxylic acids is 1. The number of fused-ring (bicyclic) bond motifs is 1. The van der Waals surface area contributed by atoms with Gasteiger partial charge in [0.15, 0.2) is 0 Å². The second-order valence-electron chi connectivity index (χ2n) is 4.55. The van der Waals surface area contributed by atoms with Gasteiger partial charge in [-0.2, -0.15) is 0 Å². The number of aromatic nitrogens is 1. The summed E-state index contributed by atoms with van der Waals surface area (Å²) >= 11 is 0. The lowest BCUT2D eigenvalue weighted by atomic mass is 10.1. The van der Waals surface area contributed by atoms with E-state index in [1.807, 2.05) is 12.3 Å². The molecule has 4 N–H and O–H groups in total. The lowest BCUT2D eigenvalue weighted by Crippen LogP contribution is -2.23. The molecule has 0 aliphatic rings. The van der Waals surface area contributed by atoms with Crippen LogP contribution in [-0.2, 0) is 6.42 Å². The molecule has 0 saturated heterocycles. The lowest BCUT2D eigenvalue weighted by molar-refractivity contribution is 0.0958. The number of benzene rings is 1. The van der Waals surface area contributed by atoms with Crippen molar-refractivity contribution in [3.8, 4) is 0 Å². The Morgan fingerprint density at radius 3 is 2.86 bits per heavy atom. The normalized spacial score (nSPS) is 10.3. The second kappa shape index (κ2) is 6.60. The Bertz CT molecular complexity index is 676. The average molecular weight is 287 g/mol. The molecule has 1 aromatic heterocycles. The van der Waals surface area contributed by atoms with Crippen molar-refractivity contribution in [2.24, 2.45) is 0 Å². The van der Waals surface area contributed by atoms with Gasteiger partial charge in [-0.3, -0.25) is 4.79 Å². The predicted molar refractivity (Wildman–Crippen MR) is 80.6 cm³/mol. The van der Waals surface area contributed by atoms with Gasteiger partial charge in [0.05, 0.1) is 0 Å². The summed E-state index contributed by atoms with van der Waals surface area (Å²) in [6, 6.07) is 5.39. The van der Waals surface area contributed by atoms with Crippen LogP contribution in [0.5, 0.6) is 0 Å². The summed E-state index contributed by atoms with van der Waals surface area (Å²) in [7, 11) is 0. The highest BCUT2D eigenvalue weighted by Crippen LogP contribution is 2.20. The number of amides is 2. The molecule has 110 valence electrons. The zero-order valence-electron chi connectivity index (χ0n) is 11.5. The van der Waals surface area contributed by atoms with Crippen molar-refractivity contribution in [3.05, 3.63) is 48.2 Å². The second-order valence-corrected chi connectivity index (χ2v) is 4.55. The van der Waals surface area contributed by atoms with Crippen LogP contribution in [0.3, 0.4) is 0 Å². The summed E-state index contributed by atoms with van der Waals surface area (Å²) in [6.07, 6.45) is 2.97. The quantitative estimate of drug-likeness (QED) is 0.611. The Morgan fingerprint density at radius 2 is 2.14 bits per heavy atom. The molecule has 1 heterocycles. The summed E-state index contributed by atoms with van der Waals surface area (Å²) in [4.78, 5) is 25.5. The molecule has 0 aliphatic heterocycles. The number of carbonyl (C=O) groups is 2. The fraction of sp³-hybridized carbons (Fsp3) is 0.200. The highest BCUT2D eigenvalue weighted by molar-refractivity contribution is 5.98. The molecule has 2 amide bonds. The third kappa shape index (κ3) is 3.62. The summed E-state index contributed by atoms with van der Waals surface area (Å²) < 4.78 is 0. The van der Waals surface area contributed by atoms with E-state index in [9.17, 15) is 9.59 Å². The highest BCUT2D eigenvalue weighted by atomic mass is 16.4. The monoisotopic (exact) mass is 287 g/mol. The highest BCUT2D eigenvalue weighted by Gasteiger charge is 2.09. The summed E-state index contributed by atoms with van der Waals surface area (Å²) in [5.74, 6) is -0.160. The number of rotatable bonds is 6. The predicted octanol–water partition coefficient (Wildman–Crippen LogP) is 1.89. The van der Waals surface area contributed by atoms with Crippen molar-refractivity contribution >= 4 is 22.9 Å². The molecule has 2 aromatic rings. The Labute approximate surface area is 121 Å². The van der Waals surface area contributed by atoms with Gasteiger partial charge in [0, 0.05) is 35.8 Å². The van der Waals surface area contributed by atoms with Gasteiger partial charge >= 0.3 is 6.09 Å². The van der Waals surface area contributed by atoms with Gasteiger partial charge in [0.1, 0.15) is 0 Å². The number of H-pyrrole nitrogens is 1. The summed E-state index contributed by atoms with van der Waals surface area (Å²) in [6.45, 7) is 4.30. The van der Waals surface area contributed by atoms with E-state index in [1.165, 1.54) is 0 Å². The molecule has 0 bridgehead atoms. The third-order valence-electron chi connectivity index (χ3n) is 3.11. The zero-order valence-corrected chi connectivity index (χ0v) is 11.5. The maximum atomic E-state index is 11.9. The largest absolute Gasteiger partial charge is 0.465 e. The van der Waals surface area contributed by atoms with Crippen LogP contribution in [0.1, 0.15) is 15.9 Å². The maximum Gasteiger partial charge on any atom is 0.404 e. The van der Waals surface area contributed by atoms with Gasteiger partial charge in [-0.1, -0.05) is 6.08 Å². The standard InChI is InChI=1S/C15H17N3O3/c1-2-6-16-14(19)10-3-4-13-12(8-10)11(9-18-13)5-7-17-15(20)21/h2-4,8-9,17-18H,1,5-7H2,(H,16,19)(H,20,21). The molecule has 0 saturated carbocycles. The van der Waals surface area contributed by atoms with Crippen molar-refractivity contribution < 1.29 is 14.7 Å². The zero-order chi connectivity index (χ0) is 15.2. The third-order valence-corrected chi connectivity index (χ3v) is 3.11. The van der Waals surface area contributed by atoms with Crippen molar-refractivity contribution in [3.63, 3.8) is 0 Å². The van der Waals surface area contributed by atoms with Gasteiger partial charge in [-0.15, -0.1) is 6.58 Å². The lowest BCUT2D eigenvalue weighted by Gasteiger charge is -2.04. The minimum Gasteiger partial charge on any atom is -0.465 e. The molecular formula is C15H17N3O3. The number of nitrogens with one attached hydrogen (secondary N) is 3. The van der Waals surface area contributed by atoms with Gasteiger partial charge in [-0.25, -0.2) is 4.79 Å². The minimum absolute atomic E-state index is 0.160. The molecule has 0 radical (unpaired) electrons. The minimum atomic E-state index is -1.04. The molecule has 2 rings (SSSR count). The fourth-order valence-corrected chi connectivity index (χ4v) is 2.10. The fourth-order valence-electron chi connectivity index (χ4n) is 2.10. The first-order valence-electron chi connectivity index (χ1n) is 6.57. The SMILES string of the molecule is C=CCNC(=O)c1ccc2[nH]cc(CCNC(=O)O)c2c1. The smallest absolute Gasteiger partial charge is 0.404 e.